The van der Waals surface area contributed by atoms with Gasteiger partial charge in [-0.3, -0.25) is 0 Å². The van der Waals surface area contributed by atoms with Gasteiger partial charge in [0.15, 0.2) is 5.75 Å². The van der Waals surface area contributed by atoms with Crippen LogP contribution in [0.5, 0.6) is 5.75 Å². The molecule has 0 aliphatic carbocycles. The second-order valence-electron chi connectivity index (χ2n) is 3.86. The summed E-state index contributed by atoms with van der Waals surface area (Å²) >= 11 is 0. The standard InChI is InChI=1S/C14H13NO2/c1-15(17)13-10-12(7-8-14(13)16)9-11-5-3-2-4-6-11/h2-8,10,16H,1,9H2. The van der Waals surface area contributed by atoms with Crippen LogP contribution in [0, 0.1) is 5.21 Å². The summed E-state index contributed by atoms with van der Waals surface area (Å²) in [6.45, 7) is 3.24. The van der Waals surface area contributed by atoms with Crippen LogP contribution in [0.4, 0.5) is 5.69 Å². The van der Waals surface area contributed by atoms with E-state index in [-0.39, 0.29) is 11.4 Å². The lowest BCUT2D eigenvalue weighted by atomic mass is 10.0. The van der Waals surface area contributed by atoms with Crippen LogP contribution in [0.1, 0.15) is 11.1 Å². The Morgan fingerprint density at radius 1 is 1.06 bits per heavy atom. The molecular formula is C14H13NO2. The van der Waals surface area contributed by atoms with Gasteiger partial charge in [0, 0.05) is 6.07 Å². The van der Waals surface area contributed by atoms with Crippen molar-refractivity contribution in [3.05, 3.63) is 64.9 Å². The van der Waals surface area contributed by atoms with Gasteiger partial charge in [-0.1, -0.05) is 36.4 Å². The molecule has 2 rings (SSSR count). The summed E-state index contributed by atoms with van der Waals surface area (Å²) in [4.78, 5) is 0. The molecule has 0 radical (unpaired) electrons. The Morgan fingerprint density at radius 3 is 2.41 bits per heavy atom. The summed E-state index contributed by atoms with van der Waals surface area (Å²) in [6, 6.07) is 14.9. The van der Waals surface area contributed by atoms with E-state index in [1.807, 2.05) is 30.3 Å². The number of aromatic hydroxyl groups is 1. The molecule has 0 aliphatic heterocycles. The average Bonchev–Trinajstić information content (AvgIpc) is 2.32. The SMILES string of the molecule is C=[N+]([O-])c1cc(Cc2ccccc2)ccc1O. The van der Waals surface area contributed by atoms with E-state index >= 15 is 0 Å². The molecule has 0 fully saturated rings. The zero-order valence-electron chi connectivity index (χ0n) is 9.34. The van der Waals surface area contributed by atoms with Gasteiger partial charge in [0.1, 0.15) is 6.72 Å². The number of nitrogens with zero attached hydrogens (tertiary/aromatic N) is 1. The lowest BCUT2D eigenvalue weighted by Crippen LogP contribution is -1.93. The number of benzene rings is 2. The molecular weight excluding hydrogens is 214 g/mol. The number of hydrogen-bond acceptors (Lipinski definition) is 2. The second-order valence-corrected chi connectivity index (χ2v) is 3.86. The predicted molar refractivity (Wildman–Crippen MR) is 67.8 cm³/mol. The van der Waals surface area contributed by atoms with Crippen LogP contribution in [0.2, 0.25) is 0 Å². The Hall–Kier alpha value is -2.29. The molecule has 0 aromatic heterocycles. The van der Waals surface area contributed by atoms with Crippen molar-refractivity contribution in [2.24, 2.45) is 0 Å². The first-order valence-electron chi connectivity index (χ1n) is 5.30. The molecule has 0 aliphatic rings. The lowest BCUT2D eigenvalue weighted by molar-refractivity contribution is -0.351. The van der Waals surface area contributed by atoms with Gasteiger partial charge in [-0.15, -0.1) is 0 Å². The molecule has 0 saturated heterocycles. The van der Waals surface area contributed by atoms with E-state index in [9.17, 15) is 10.3 Å². The Bertz CT molecular complexity index is 535. The predicted octanol–water partition coefficient (Wildman–Crippen LogP) is 2.83. The van der Waals surface area contributed by atoms with E-state index in [0.29, 0.717) is 4.74 Å². The molecule has 17 heavy (non-hydrogen) atoms. The van der Waals surface area contributed by atoms with Crippen molar-refractivity contribution in [1.82, 2.24) is 0 Å². The Labute approximate surface area is 99.9 Å². The Morgan fingerprint density at radius 2 is 1.76 bits per heavy atom. The molecule has 2 aromatic carbocycles. The molecule has 0 amide bonds. The summed E-state index contributed by atoms with van der Waals surface area (Å²) in [5, 5.41) is 20.6. The number of phenolic OH excluding ortho intramolecular Hbond substituents is 1. The Balaban J connectivity index is 2.29. The fourth-order valence-corrected chi connectivity index (χ4v) is 1.71. The van der Waals surface area contributed by atoms with Crippen LogP contribution >= 0.6 is 0 Å². The molecule has 0 unspecified atom stereocenters. The summed E-state index contributed by atoms with van der Waals surface area (Å²) in [7, 11) is 0. The lowest BCUT2D eigenvalue weighted by Gasteiger charge is -2.06. The minimum Gasteiger partial charge on any atom is -0.619 e. The van der Waals surface area contributed by atoms with E-state index in [1.165, 1.54) is 6.07 Å². The van der Waals surface area contributed by atoms with Crippen LogP contribution in [0.25, 0.3) is 0 Å². The van der Waals surface area contributed by atoms with Crippen molar-refractivity contribution < 1.29 is 9.85 Å². The topological polar surface area (TPSA) is 46.3 Å². The first-order valence-corrected chi connectivity index (χ1v) is 5.30. The molecule has 86 valence electrons. The zero-order chi connectivity index (χ0) is 12.3. The molecule has 3 heteroatoms. The molecule has 1 N–H and O–H groups in total. The smallest absolute Gasteiger partial charge is 0.258 e. The van der Waals surface area contributed by atoms with Gasteiger partial charge < -0.3 is 10.3 Å². The minimum absolute atomic E-state index is 0.0492. The molecule has 2 aromatic rings. The second kappa shape index (κ2) is 4.70. The maximum atomic E-state index is 11.1. The third-order valence-corrected chi connectivity index (χ3v) is 2.56. The number of rotatable bonds is 3. The summed E-state index contributed by atoms with van der Waals surface area (Å²) in [6.07, 6.45) is 0.724. The van der Waals surface area contributed by atoms with Gasteiger partial charge in [-0.25, -0.2) is 0 Å². The van der Waals surface area contributed by atoms with Crippen molar-refractivity contribution in [2.75, 3.05) is 0 Å². The minimum atomic E-state index is -0.0492. The fourth-order valence-electron chi connectivity index (χ4n) is 1.71. The molecule has 0 spiro atoms. The van der Waals surface area contributed by atoms with Gasteiger partial charge in [-0.2, -0.15) is 4.74 Å². The summed E-state index contributed by atoms with van der Waals surface area (Å²) in [5.74, 6) is -0.0492. The van der Waals surface area contributed by atoms with Crippen LogP contribution < -0.4 is 0 Å². The number of hydrogen-bond donors (Lipinski definition) is 1. The number of phenols is 1. The Kier molecular flexibility index (Phi) is 3.10. The van der Waals surface area contributed by atoms with Crippen molar-refractivity contribution in [1.29, 1.82) is 0 Å². The fraction of sp³-hybridized carbons (Fsp3) is 0.0714. The third-order valence-electron chi connectivity index (χ3n) is 2.56. The molecule has 0 atom stereocenters. The maximum absolute atomic E-state index is 11.1. The van der Waals surface area contributed by atoms with Gasteiger partial charge in [0.05, 0.1) is 0 Å². The average molecular weight is 227 g/mol. The monoisotopic (exact) mass is 227 g/mol. The molecule has 0 saturated carbocycles. The highest BCUT2D eigenvalue weighted by Gasteiger charge is 2.08. The van der Waals surface area contributed by atoms with Crippen LogP contribution in [-0.4, -0.2) is 16.6 Å². The molecule has 3 nitrogen and oxygen atoms in total. The first-order chi connectivity index (χ1) is 8.16. The van der Waals surface area contributed by atoms with E-state index in [1.54, 1.807) is 12.1 Å². The summed E-state index contributed by atoms with van der Waals surface area (Å²) in [5.41, 5.74) is 2.32. The molecule has 0 heterocycles. The van der Waals surface area contributed by atoms with Gasteiger partial charge in [-0.05, 0) is 23.6 Å². The summed E-state index contributed by atoms with van der Waals surface area (Å²) < 4.78 is 0.420. The largest absolute Gasteiger partial charge is 0.619 e. The van der Waals surface area contributed by atoms with E-state index in [0.717, 1.165) is 17.5 Å². The first kappa shape index (κ1) is 11.2. The van der Waals surface area contributed by atoms with Gasteiger partial charge in [0.2, 0.25) is 0 Å². The van der Waals surface area contributed by atoms with Crippen molar-refractivity contribution in [3.8, 4) is 5.75 Å². The van der Waals surface area contributed by atoms with Crippen molar-refractivity contribution in [3.63, 3.8) is 0 Å². The highest BCUT2D eigenvalue weighted by Crippen LogP contribution is 2.26. The van der Waals surface area contributed by atoms with Crippen molar-refractivity contribution >= 4 is 12.4 Å². The quantitative estimate of drug-likeness (QED) is 0.379. The van der Waals surface area contributed by atoms with E-state index in [2.05, 4.69) is 6.72 Å². The van der Waals surface area contributed by atoms with E-state index < -0.39 is 0 Å². The van der Waals surface area contributed by atoms with Crippen molar-refractivity contribution in [2.45, 2.75) is 6.42 Å². The highest BCUT2D eigenvalue weighted by molar-refractivity contribution is 5.50. The zero-order valence-corrected chi connectivity index (χ0v) is 9.34. The van der Waals surface area contributed by atoms with Crippen LogP contribution in [0.15, 0.2) is 48.5 Å². The van der Waals surface area contributed by atoms with Crippen LogP contribution in [-0.2, 0) is 6.42 Å². The van der Waals surface area contributed by atoms with Crippen LogP contribution in [0.3, 0.4) is 0 Å². The van der Waals surface area contributed by atoms with E-state index in [4.69, 9.17) is 0 Å². The highest BCUT2D eigenvalue weighted by atomic mass is 16.5. The normalized spacial score (nSPS) is 10.1. The van der Waals surface area contributed by atoms with Gasteiger partial charge in [0.25, 0.3) is 5.69 Å². The molecule has 0 bridgehead atoms. The maximum Gasteiger partial charge on any atom is 0.258 e. The van der Waals surface area contributed by atoms with Gasteiger partial charge >= 0.3 is 0 Å². The third kappa shape index (κ3) is 2.64.